The number of aromatic nitrogens is 1. The fourth-order valence-corrected chi connectivity index (χ4v) is 4.49. The molecule has 6 heteroatoms. The van der Waals surface area contributed by atoms with E-state index in [1.807, 2.05) is 24.5 Å². The summed E-state index contributed by atoms with van der Waals surface area (Å²) >= 11 is 0. The molecule has 0 aliphatic carbocycles. The van der Waals surface area contributed by atoms with Crippen molar-refractivity contribution in [2.24, 2.45) is 11.8 Å². The predicted molar refractivity (Wildman–Crippen MR) is 84.6 cm³/mol. The van der Waals surface area contributed by atoms with Crippen molar-refractivity contribution in [1.82, 2.24) is 14.2 Å². The second-order valence-corrected chi connectivity index (χ2v) is 7.95. The van der Waals surface area contributed by atoms with Gasteiger partial charge in [0.05, 0.1) is 0 Å². The minimum Gasteiger partial charge on any atom is -0.349 e. The van der Waals surface area contributed by atoms with Crippen LogP contribution in [0.4, 0.5) is 0 Å². The Bertz CT molecular complexity index is 570. The highest BCUT2D eigenvalue weighted by Crippen LogP contribution is 2.28. The van der Waals surface area contributed by atoms with Gasteiger partial charge in [-0.2, -0.15) is 4.31 Å². The van der Waals surface area contributed by atoms with Crippen LogP contribution in [0, 0.1) is 11.8 Å². The van der Waals surface area contributed by atoms with Gasteiger partial charge in [-0.3, -0.25) is 0 Å². The summed E-state index contributed by atoms with van der Waals surface area (Å²) in [6.45, 7) is 11.9. The highest BCUT2D eigenvalue weighted by Gasteiger charge is 2.35. The number of hydrogen-bond donors (Lipinski definition) is 1. The zero-order valence-electron chi connectivity index (χ0n) is 13.5. The lowest BCUT2D eigenvalue weighted by Gasteiger charge is -2.14. The summed E-state index contributed by atoms with van der Waals surface area (Å²) < 4.78 is 29.2. The van der Waals surface area contributed by atoms with Gasteiger partial charge in [-0.05, 0) is 31.4 Å². The quantitative estimate of drug-likeness (QED) is 0.872. The summed E-state index contributed by atoms with van der Waals surface area (Å²) in [6.07, 6.45) is 1.77. The molecule has 2 heterocycles. The molecule has 0 bridgehead atoms. The lowest BCUT2D eigenvalue weighted by atomic mass is 10.0. The van der Waals surface area contributed by atoms with Crippen LogP contribution in [-0.2, 0) is 23.1 Å². The third-order valence-corrected chi connectivity index (χ3v) is 6.25. The fourth-order valence-electron chi connectivity index (χ4n) is 2.78. The maximum Gasteiger partial charge on any atom is 0.244 e. The van der Waals surface area contributed by atoms with Crippen molar-refractivity contribution < 1.29 is 8.42 Å². The maximum absolute atomic E-state index is 12.8. The van der Waals surface area contributed by atoms with Crippen molar-refractivity contribution in [3.8, 4) is 0 Å². The summed E-state index contributed by atoms with van der Waals surface area (Å²) in [4.78, 5) is 0.429. The normalized spacial score (nSPS) is 23.8. The van der Waals surface area contributed by atoms with Gasteiger partial charge in [0.25, 0.3) is 0 Å². The van der Waals surface area contributed by atoms with E-state index in [0.717, 1.165) is 18.8 Å². The molecule has 1 saturated heterocycles. The van der Waals surface area contributed by atoms with Crippen molar-refractivity contribution in [2.75, 3.05) is 19.6 Å². The van der Waals surface area contributed by atoms with Crippen LogP contribution in [0.5, 0.6) is 0 Å². The lowest BCUT2D eigenvalue weighted by molar-refractivity contribution is 0.463. The molecule has 0 radical (unpaired) electrons. The minimum absolute atomic E-state index is 0.425. The molecule has 2 unspecified atom stereocenters. The second kappa shape index (κ2) is 6.50. The monoisotopic (exact) mass is 313 g/mol. The molecule has 2 rings (SSSR count). The molecule has 1 N–H and O–H groups in total. The first-order valence-electron chi connectivity index (χ1n) is 7.80. The summed E-state index contributed by atoms with van der Waals surface area (Å²) in [5.41, 5.74) is 1.03. The molecule has 2 atom stereocenters. The molecule has 1 fully saturated rings. The smallest absolute Gasteiger partial charge is 0.244 e. The van der Waals surface area contributed by atoms with Crippen LogP contribution in [-0.4, -0.2) is 36.9 Å². The molecule has 0 aromatic carbocycles. The van der Waals surface area contributed by atoms with Crippen molar-refractivity contribution in [2.45, 2.75) is 45.7 Å². The van der Waals surface area contributed by atoms with Crippen LogP contribution in [0.2, 0.25) is 0 Å². The fraction of sp³-hybridized carbons (Fsp3) is 0.733. The first-order chi connectivity index (χ1) is 9.90. The first kappa shape index (κ1) is 16.5. The number of aryl methyl sites for hydroxylation is 1. The lowest BCUT2D eigenvalue weighted by Crippen LogP contribution is -2.28. The van der Waals surface area contributed by atoms with E-state index in [0.29, 0.717) is 36.4 Å². The molecule has 120 valence electrons. The van der Waals surface area contributed by atoms with Gasteiger partial charge >= 0.3 is 0 Å². The number of hydrogen-bond acceptors (Lipinski definition) is 3. The van der Waals surface area contributed by atoms with Crippen LogP contribution >= 0.6 is 0 Å². The highest BCUT2D eigenvalue weighted by atomic mass is 32.2. The molecule has 21 heavy (non-hydrogen) atoms. The van der Waals surface area contributed by atoms with E-state index in [1.54, 1.807) is 10.5 Å². The Labute approximate surface area is 128 Å². The summed E-state index contributed by atoms with van der Waals surface area (Å²) in [6, 6.07) is 1.81. The molecule has 1 aromatic heterocycles. The van der Waals surface area contributed by atoms with Crippen LogP contribution in [0.25, 0.3) is 0 Å². The Kier molecular flexibility index (Phi) is 5.11. The van der Waals surface area contributed by atoms with Crippen LogP contribution in [0.15, 0.2) is 17.2 Å². The van der Waals surface area contributed by atoms with Gasteiger partial charge in [0, 0.05) is 38.1 Å². The SMILES string of the molecule is CCNCc1cc(S(=O)(=O)N2CC(C)C(C)C2)cn1CC. The van der Waals surface area contributed by atoms with Gasteiger partial charge in [-0.25, -0.2) is 8.42 Å². The predicted octanol–water partition coefficient (Wildman–Crippen LogP) is 1.89. The minimum atomic E-state index is -3.36. The number of rotatable bonds is 6. The molecular formula is C15H27N3O2S. The molecule has 1 aliphatic rings. The molecule has 0 saturated carbocycles. The standard InChI is InChI=1S/C15H27N3O2S/c1-5-16-8-14-7-15(11-17(14)6-2)21(19,20)18-9-12(3)13(4)10-18/h7,11-13,16H,5-6,8-10H2,1-4H3. The van der Waals surface area contributed by atoms with E-state index >= 15 is 0 Å². The van der Waals surface area contributed by atoms with Crippen molar-refractivity contribution in [1.29, 1.82) is 0 Å². The van der Waals surface area contributed by atoms with Gasteiger partial charge in [0.1, 0.15) is 4.90 Å². The molecule has 1 aliphatic heterocycles. The van der Waals surface area contributed by atoms with Crippen LogP contribution in [0.3, 0.4) is 0 Å². The molecule has 0 amide bonds. The van der Waals surface area contributed by atoms with E-state index in [1.165, 1.54) is 0 Å². The van der Waals surface area contributed by atoms with Crippen molar-refractivity contribution in [3.63, 3.8) is 0 Å². The summed E-state index contributed by atoms with van der Waals surface area (Å²) in [7, 11) is -3.36. The molecular weight excluding hydrogens is 286 g/mol. The number of sulfonamides is 1. The van der Waals surface area contributed by atoms with E-state index in [9.17, 15) is 8.42 Å². The van der Waals surface area contributed by atoms with Crippen LogP contribution in [0.1, 0.15) is 33.4 Å². The molecule has 5 nitrogen and oxygen atoms in total. The van der Waals surface area contributed by atoms with Gasteiger partial charge in [-0.1, -0.05) is 20.8 Å². The van der Waals surface area contributed by atoms with Gasteiger partial charge in [0.2, 0.25) is 10.0 Å². The molecule has 1 aromatic rings. The van der Waals surface area contributed by atoms with Gasteiger partial charge < -0.3 is 9.88 Å². The van der Waals surface area contributed by atoms with E-state index in [4.69, 9.17) is 0 Å². The maximum atomic E-state index is 12.8. The number of nitrogens with zero attached hydrogens (tertiary/aromatic N) is 2. The molecule has 0 spiro atoms. The third-order valence-electron chi connectivity index (χ3n) is 4.45. The topological polar surface area (TPSA) is 54.3 Å². The van der Waals surface area contributed by atoms with E-state index in [2.05, 4.69) is 19.2 Å². The average molecular weight is 313 g/mol. The summed E-state index contributed by atoms with van der Waals surface area (Å²) in [5.74, 6) is 0.850. The van der Waals surface area contributed by atoms with Crippen LogP contribution < -0.4 is 5.32 Å². The Hall–Kier alpha value is -0.850. The van der Waals surface area contributed by atoms with E-state index in [-0.39, 0.29) is 0 Å². The Balaban J connectivity index is 2.26. The van der Waals surface area contributed by atoms with Crippen molar-refractivity contribution >= 4 is 10.0 Å². The Morgan fingerprint density at radius 3 is 2.38 bits per heavy atom. The zero-order valence-corrected chi connectivity index (χ0v) is 14.3. The number of nitrogens with one attached hydrogen (secondary N) is 1. The Morgan fingerprint density at radius 1 is 1.24 bits per heavy atom. The second-order valence-electron chi connectivity index (χ2n) is 6.01. The van der Waals surface area contributed by atoms with Gasteiger partial charge in [-0.15, -0.1) is 0 Å². The average Bonchev–Trinajstić information content (AvgIpc) is 3.01. The van der Waals surface area contributed by atoms with Crippen molar-refractivity contribution in [3.05, 3.63) is 18.0 Å². The third kappa shape index (κ3) is 3.33. The first-order valence-corrected chi connectivity index (χ1v) is 9.24. The zero-order chi connectivity index (χ0) is 15.6. The van der Waals surface area contributed by atoms with E-state index < -0.39 is 10.0 Å². The largest absolute Gasteiger partial charge is 0.349 e. The van der Waals surface area contributed by atoms with Gasteiger partial charge in [0.15, 0.2) is 0 Å². The Morgan fingerprint density at radius 2 is 1.86 bits per heavy atom. The highest BCUT2D eigenvalue weighted by molar-refractivity contribution is 7.89. The summed E-state index contributed by atoms with van der Waals surface area (Å²) in [5, 5.41) is 3.26.